The maximum atomic E-state index is 12.6. The fraction of sp³-hybridized carbons (Fsp3) is 0.278. The van der Waals surface area contributed by atoms with Gasteiger partial charge < -0.3 is 20.5 Å². The molecule has 0 bridgehead atoms. The van der Waals surface area contributed by atoms with Gasteiger partial charge in [0.2, 0.25) is 5.91 Å². The minimum atomic E-state index is -0.179. The number of hydrogen-bond acceptors (Lipinski definition) is 5. The third-order valence-electron chi connectivity index (χ3n) is 3.63. The Morgan fingerprint density at radius 3 is 2.58 bits per heavy atom. The number of hydrogen-bond donors (Lipinski definition) is 2. The molecule has 0 radical (unpaired) electrons. The molecule has 2 aromatic carbocycles. The van der Waals surface area contributed by atoms with Crippen LogP contribution in [0.25, 0.3) is 0 Å². The summed E-state index contributed by atoms with van der Waals surface area (Å²) < 4.78 is 11.0. The van der Waals surface area contributed by atoms with Crippen molar-refractivity contribution in [2.24, 2.45) is 0 Å². The highest BCUT2D eigenvalue weighted by Gasteiger charge is 2.19. The van der Waals surface area contributed by atoms with Crippen molar-refractivity contribution in [3.8, 4) is 11.5 Å². The zero-order valence-corrected chi connectivity index (χ0v) is 14.3. The minimum absolute atomic E-state index is 0.0315. The van der Waals surface area contributed by atoms with Crippen LogP contribution in [-0.4, -0.2) is 24.4 Å². The standard InChI is InChI=1S/C18H20N2O3S/c1-2-17(24-14-6-3-12(19)4-7-14)18(21)20-13-5-8-15-16(11-13)23-10-9-22-15/h3-8,11,17H,2,9-10,19H2,1H3,(H,20,21). The number of nitrogens with two attached hydrogens (primary N) is 1. The number of anilines is 2. The number of carbonyl (C=O) groups is 1. The van der Waals surface area contributed by atoms with Crippen LogP contribution >= 0.6 is 11.8 Å². The van der Waals surface area contributed by atoms with Crippen LogP contribution in [0.1, 0.15) is 13.3 Å². The van der Waals surface area contributed by atoms with Gasteiger partial charge in [-0.2, -0.15) is 0 Å². The molecule has 0 aliphatic carbocycles. The Bertz CT molecular complexity index is 719. The number of nitrogens with one attached hydrogen (secondary N) is 1. The molecular weight excluding hydrogens is 324 g/mol. The summed E-state index contributed by atoms with van der Waals surface area (Å²) in [4.78, 5) is 13.6. The SMILES string of the molecule is CCC(Sc1ccc(N)cc1)C(=O)Nc1ccc2c(c1)OCCO2. The number of fused-ring (bicyclic) bond motifs is 1. The van der Waals surface area contributed by atoms with Gasteiger partial charge in [0.15, 0.2) is 11.5 Å². The van der Waals surface area contributed by atoms with E-state index in [4.69, 9.17) is 15.2 Å². The van der Waals surface area contributed by atoms with E-state index < -0.39 is 0 Å². The molecule has 2 aromatic rings. The predicted octanol–water partition coefficient (Wildman–Crippen LogP) is 3.55. The molecule has 0 spiro atoms. The molecule has 6 heteroatoms. The van der Waals surface area contributed by atoms with Gasteiger partial charge in [0, 0.05) is 22.3 Å². The Morgan fingerprint density at radius 1 is 1.17 bits per heavy atom. The van der Waals surface area contributed by atoms with Gasteiger partial charge in [-0.25, -0.2) is 0 Å². The molecule has 1 aliphatic heterocycles. The Morgan fingerprint density at radius 2 is 1.88 bits per heavy atom. The summed E-state index contributed by atoms with van der Waals surface area (Å²) in [5, 5.41) is 2.78. The molecule has 126 valence electrons. The van der Waals surface area contributed by atoms with Crippen molar-refractivity contribution in [3.05, 3.63) is 42.5 Å². The number of ether oxygens (including phenoxy) is 2. The third-order valence-corrected chi connectivity index (χ3v) is 5.01. The molecule has 1 amide bonds. The van der Waals surface area contributed by atoms with Gasteiger partial charge in [-0.05, 0) is 42.8 Å². The lowest BCUT2D eigenvalue weighted by Gasteiger charge is -2.20. The second-order valence-corrected chi connectivity index (χ2v) is 6.71. The van der Waals surface area contributed by atoms with E-state index in [0.717, 1.165) is 11.3 Å². The van der Waals surface area contributed by atoms with Crippen molar-refractivity contribution in [2.75, 3.05) is 24.3 Å². The van der Waals surface area contributed by atoms with E-state index in [0.29, 0.717) is 36.1 Å². The average molecular weight is 344 g/mol. The first-order valence-electron chi connectivity index (χ1n) is 7.88. The van der Waals surface area contributed by atoms with Crippen molar-refractivity contribution >= 4 is 29.0 Å². The quantitative estimate of drug-likeness (QED) is 0.641. The van der Waals surface area contributed by atoms with E-state index in [-0.39, 0.29) is 11.2 Å². The Labute approximate surface area is 145 Å². The summed E-state index contributed by atoms with van der Waals surface area (Å²) >= 11 is 1.53. The fourth-order valence-electron chi connectivity index (χ4n) is 2.38. The van der Waals surface area contributed by atoms with Crippen molar-refractivity contribution in [1.29, 1.82) is 0 Å². The lowest BCUT2D eigenvalue weighted by Crippen LogP contribution is -2.24. The molecule has 0 saturated carbocycles. The van der Waals surface area contributed by atoms with Crippen LogP contribution in [0.15, 0.2) is 47.4 Å². The number of nitrogen functional groups attached to an aromatic ring is 1. The van der Waals surface area contributed by atoms with E-state index in [1.54, 1.807) is 6.07 Å². The summed E-state index contributed by atoms with van der Waals surface area (Å²) in [5.74, 6) is 1.34. The highest BCUT2D eigenvalue weighted by Crippen LogP contribution is 2.33. The highest BCUT2D eigenvalue weighted by molar-refractivity contribution is 8.00. The summed E-state index contributed by atoms with van der Waals surface area (Å²) in [6.45, 7) is 3.07. The molecule has 0 aromatic heterocycles. The van der Waals surface area contributed by atoms with Crippen molar-refractivity contribution in [3.63, 3.8) is 0 Å². The molecule has 1 aliphatic rings. The normalized spacial score (nSPS) is 14.0. The number of rotatable bonds is 5. The molecule has 0 fully saturated rings. The maximum Gasteiger partial charge on any atom is 0.237 e. The van der Waals surface area contributed by atoms with Gasteiger partial charge in [0.05, 0.1) is 5.25 Å². The molecule has 24 heavy (non-hydrogen) atoms. The van der Waals surface area contributed by atoms with Crippen molar-refractivity contribution in [1.82, 2.24) is 0 Å². The molecule has 1 heterocycles. The van der Waals surface area contributed by atoms with E-state index >= 15 is 0 Å². The van der Waals surface area contributed by atoms with Crippen molar-refractivity contribution < 1.29 is 14.3 Å². The summed E-state index contributed by atoms with van der Waals surface area (Å²) in [7, 11) is 0. The maximum absolute atomic E-state index is 12.6. The predicted molar refractivity (Wildman–Crippen MR) is 96.9 cm³/mol. The average Bonchev–Trinajstić information content (AvgIpc) is 2.61. The van der Waals surface area contributed by atoms with Crippen LogP contribution < -0.4 is 20.5 Å². The van der Waals surface area contributed by atoms with Gasteiger partial charge in [0.1, 0.15) is 13.2 Å². The first kappa shape index (κ1) is 16.5. The summed E-state index contributed by atoms with van der Waals surface area (Å²) in [6, 6.07) is 13.0. The zero-order chi connectivity index (χ0) is 16.9. The van der Waals surface area contributed by atoms with E-state index in [1.807, 2.05) is 43.3 Å². The Hall–Kier alpha value is -2.34. The van der Waals surface area contributed by atoms with E-state index in [2.05, 4.69) is 5.32 Å². The van der Waals surface area contributed by atoms with Crippen LogP contribution in [0.4, 0.5) is 11.4 Å². The van der Waals surface area contributed by atoms with Crippen LogP contribution in [-0.2, 0) is 4.79 Å². The van der Waals surface area contributed by atoms with Crippen LogP contribution in [0.3, 0.4) is 0 Å². The van der Waals surface area contributed by atoms with Gasteiger partial charge in [-0.15, -0.1) is 11.8 Å². The highest BCUT2D eigenvalue weighted by atomic mass is 32.2. The topological polar surface area (TPSA) is 73.6 Å². The number of thioether (sulfide) groups is 1. The first-order valence-corrected chi connectivity index (χ1v) is 8.76. The van der Waals surface area contributed by atoms with Gasteiger partial charge in [0.25, 0.3) is 0 Å². The Kier molecular flexibility index (Phi) is 5.15. The van der Waals surface area contributed by atoms with Gasteiger partial charge in [-0.1, -0.05) is 6.92 Å². The number of benzene rings is 2. The zero-order valence-electron chi connectivity index (χ0n) is 13.5. The molecule has 1 atom stereocenters. The largest absolute Gasteiger partial charge is 0.486 e. The first-order chi connectivity index (χ1) is 11.7. The van der Waals surface area contributed by atoms with Crippen LogP contribution in [0.2, 0.25) is 0 Å². The van der Waals surface area contributed by atoms with E-state index in [1.165, 1.54) is 11.8 Å². The molecule has 0 saturated heterocycles. The van der Waals surface area contributed by atoms with E-state index in [9.17, 15) is 4.79 Å². The second kappa shape index (κ2) is 7.49. The molecule has 3 N–H and O–H groups in total. The summed E-state index contributed by atoms with van der Waals surface area (Å²) in [5.41, 5.74) is 7.12. The second-order valence-electron chi connectivity index (χ2n) is 5.43. The molecule has 1 unspecified atom stereocenters. The Balaban J connectivity index is 1.67. The monoisotopic (exact) mass is 344 g/mol. The minimum Gasteiger partial charge on any atom is -0.486 e. The molecule has 5 nitrogen and oxygen atoms in total. The summed E-state index contributed by atoms with van der Waals surface area (Å²) in [6.07, 6.45) is 0.728. The smallest absolute Gasteiger partial charge is 0.237 e. The number of carbonyl (C=O) groups excluding carboxylic acids is 1. The fourth-order valence-corrected chi connectivity index (χ4v) is 3.33. The van der Waals surface area contributed by atoms with Gasteiger partial charge in [-0.3, -0.25) is 4.79 Å². The van der Waals surface area contributed by atoms with Gasteiger partial charge >= 0.3 is 0 Å². The van der Waals surface area contributed by atoms with Crippen LogP contribution in [0.5, 0.6) is 11.5 Å². The van der Waals surface area contributed by atoms with Crippen molar-refractivity contribution in [2.45, 2.75) is 23.5 Å². The third kappa shape index (κ3) is 3.94. The number of amides is 1. The lowest BCUT2D eigenvalue weighted by atomic mass is 10.2. The molecular formula is C18H20N2O3S. The molecule has 3 rings (SSSR count). The van der Waals surface area contributed by atoms with Crippen LogP contribution in [0, 0.1) is 0 Å². The lowest BCUT2D eigenvalue weighted by molar-refractivity contribution is -0.115.